The number of nitrogens with zero attached hydrogens (tertiary/aromatic N) is 6. The van der Waals surface area contributed by atoms with Gasteiger partial charge in [0.2, 0.25) is 5.88 Å². The summed E-state index contributed by atoms with van der Waals surface area (Å²) in [6.45, 7) is 5.15. The van der Waals surface area contributed by atoms with E-state index in [-0.39, 0.29) is 11.8 Å². The standard InChI is InChI=1S/C27H26N6O2/c1-18-7-3-4-11-24(18)35-25-13-19(2)30-26(32-25)20-8-6-12-33(16-20)27(34)23-10-5-9-22(31-23)21-14-28-17-29-15-21/h3-5,7,9-11,13-15,17,20H,6,8,12,16H2,1-2H3/t20-/m0/s1. The molecule has 1 aromatic carbocycles. The Balaban J connectivity index is 1.34. The molecule has 0 aliphatic carbocycles. The molecule has 4 heterocycles. The van der Waals surface area contributed by atoms with Crippen molar-refractivity contribution in [2.75, 3.05) is 13.1 Å². The fourth-order valence-electron chi connectivity index (χ4n) is 4.26. The molecule has 0 radical (unpaired) electrons. The van der Waals surface area contributed by atoms with Crippen LogP contribution >= 0.6 is 0 Å². The number of amides is 1. The van der Waals surface area contributed by atoms with E-state index in [0.717, 1.165) is 35.4 Å². The highest BCUT2D eigenvalue weighted by Gasteiger charge is 2.28. The first-order valence-corrected chi connectivity index (χ1v) is 11.7. The lowest BCUT2D eigenvalue weighted by Gasteiger charge is -2.32. The molecule has 176 valence electrons. The highest BCUT2D eigenvalue weighted by Crippen LogP contribution is 2.29. The molecule has 8 heteroatoms. The second kappa shape index (κ2) is 9.97. The molecule has 0 spiro atoms. The fourth-order valence-corrected chi connectivity index (χ4v) is 4.26. The lowest BCUT2D eigenvalue weighted by atomic mass is 9.96. The molecule has 1 atom stereocenters. The third-order valence-corrected chi connectivity index (χ3v) is 6.05. The number of para-hydroxylation sites is 1. The number of benzene rings is 1. The summed E-state index contributed by atoms with van der Waals surface area (Å²) in [7, 11) is 0. The van der Waals surface area contributed by atoms with Crippen molar-refractivity contribution in [3.05, 3.63) is 90.0 Å². The summed E-state index contributed by atoms with van der Waals surface area (Å²) in [6.07, 6.45) is 6.62. The van der Waals surface area contributed by atoms with Crippen molar-refractivity contribution in [2.45, 2.75) is 32.6 Å². The van der Waals surface area contributed by atoms with E-state index in [9.17, 15) is 4.79 Å². The molecular weight excluding hydrogens is 440 g/mol. The number of hydrogen-bond donors (Lipinski definition) is 0. The second-order valence-electron chi connectivity index (χ2n) is 8.70. The third kappa shape index (κ3) is 5.16. The Morgan fingerprint density at radius 1 is 1.00 bits per heavy atom. The van der Waals surface area contributed by atoms with E-state index in [1.807, 2.05) is 61.2 Å². The van der Waals surface area contributed by atoms with Gasteiger partial charge in [0.05, 0.1) is 5.69 Å². The molecule has 35 heavy (non-hydrogen) atoms. The minimum Gasteiger partial charge on any atom is -0.439 e. The number of hydrogen-bond acceptors (Lipinski definition) is 7. The van der Waals surface area contributed by atoms with Crippen LogP contribution in [0.3, 0.4) is 0 Å². The molecule has 0 bridgehead atoms. The number of aromatic nitrogens is 5. The highest BCUT2D eigenvalue weighted by molar-refractivity contribution is 5.93. The second-order valence-corrected chi connectivity index (χ2v) is 8.70. The zero-order valence-corrected chi connectivity index (χ0v) is 19.8. The molecule has 1 fully saturated rings. The van der Waals surface area contributed by atoms with Crippen LogP contribution in [-0.4, -0.2) is 48.8 Å². The summed E-state index contributed by atoms with van der Waals surface area (Å²) in [5, 5.41) is 0. The van der Waals surface area contributed by atoms with Crippen molar-refractivity contribution in [2.24, 2.45) is 0 Å². The number of piperidine rings is 1. The molecular formula is C27H26N6O2. The molecule has 0 N–H and O–H groups in total. The Kier molecular flexibility index (Phi) is 6.43. The number of carbonyl (C=O) groups is 1. The van der Waals surface area contributed by atoms with E-state index in [4.69, 9.17) is 9.72 Å². The van der Waals surface area contributed by atoms with Gasteiger partial charge in [-0.15, -0.1) is 0 Å². The molecule has 5 rings (SSSR count). The molecule has 0 unspecified atom stereocenters. The molecule has 1 aliphatic rings. The van der Waals surface area contributed by atoms with Crippen LogP contribution in [0.1, 0.15) is 46.3 Å². The molecule has 1 saturated heterocycles. The van der Waals surface area contributed by atoms with Gasteiger partial charge in [0.25, 0.3) is 5.91 Å². The van der Waals surface area contributed by atoms with Crippen LogP contribution < -0.4 is 4.74 Å². The average Bonchev–Trinajstić information content (AvgIpc) is 2.90. The maximum absolute atomic E-state index is 13.3. The maximum Gasteiger partial charge on any atom is 0.272 e. The van der Waals surface area contributed by atoms with Crippen LogP contribution in [0.4, 0.5) is 0 Å². The van der Waals surface area contributed by atoms with Crippen molar-refractivity contribution < 1.29 is 9.53 Å². The van der Waals surface area contributed by atoms with E-state index >= 15 is 0 Å². The van der Waals surface area contributed by atoms with Gasteiger partial charge in [-0.05, 0) is 50.5 Å². The summed E-state index contributed by atoms with van der Waals surface area (Å²) in [4.78, 5) is 37.2. The topological polar surface area (TPSA) is 94.0 Å². The predicted octanol–water partition coefficient (Wildman–Crippen LogP) is 4.76. The van der Waals surface area contributed by atoms with Crippen molar-refractivity contribution >= 4 is 5.91 Å². The Labute approximate surface area is 204 Å². The van der Waals surface area contributed by atoms with E-state index in [0.29, 0.717) is 36.2 Å². The van der Waals surface area contributed by atoms with Crippen LogP contribution in [0.5, 0.6) is 11.6 Å². The molecule has 8 nitrogen and oxygen atoms in total. The summed E-state index contributed by atoms with van der Waals surface area (Å²) in [5.41, 5.74) is 3.72. The molecule has 1 aliphatic heterocycles. The van der Waals surface area contributed by atoms with Crippen molar-refractivity contribution in [1.82, 2.24) is 29.8 Å². The van der Waals surface area contributed by atoms with Crippen LogP contribution in [0.25, 0.3) is 11.3 Å². The van der Waals surface area contributed by atoms with E-state index in [1.165, 1.54) is 6.33 Å². The zero-order chi connectivity index (χ0) is 24.2. The first kappa shape index (κ1) is 22.6. The SMILES string of the molecule is Cc1cc(Oc2ccccc2C)nc([C@H]2CCCN(C(=O)c3cccc(-c4cncnc4)n3)C2)n1. The smallest absolute Gasteiger partial charge is 0.272 e. The van der Waals surface area contributed by atoms with E-state index in [2.05, 4.69) is 19.9 Å². The Hall–Kier alpha value is -4.20. The van der Waals surface area contributed by atoms with E-state index in [1.54, 1.807) is 18.5 Å². The molecule has 1 amide bonds. The quantitative estimate of drug-likeness (QED) is 0.419. The number of likely N-dealkylation sites (tertiary alicyclic amines) is 1. The molecule has 3 aromatic heterocycles. The van der Waals surface area contributed by atoms with Crippen LogP contribution in [0, 0.1) is 13.8 Å². The van der Waals surface area contributed by atoms with Crippen LogP contribution in [0.2, 0.25) is 0 Å². The summed E-state index contributed by atoms with van der Waals surface area (Å²) < 4.78 is 6.07. The monoisotopic (exact) mass is 466 g/mol. The van der Waals surface area contributed by atoms with Crippen molar-refractivity contribution in [3.8, 4) is 22.9 Å². The van der Waals surface area contributed by atoms with Crippen LogP contribution in [-0.2, 0) is 0 Å². The first-order valence-electron chi connectivity index (χ1n) is 11.7. The van der Waals surface area contributed by atoms with Gasteiger partial charge in [0.15, 0.2) is 0 Å². The normalized spacial score (nSPS) is 15.6. The predicted molar refractivity (Wildman–Crippen MR) is 131 cm³/mol. The van der Waals surface area contributed by atoms with Gasteiger partial charge in [-0.3, -0.25) is 4.79 Å². The zero-order valence-electron chi connectivity index (χ0n) is 19.8. The van der Waals surface area contributed by atoms with Gasteiger partial charge >= 0.3 is 0 Å². The first-order chi connectivity index (χ1) is 17.1. The summed E-state index contributed by atoms with van der Waals surface area (Å²) in [6, 6.07) is 15.1. The molecule has 0 saturated carbocycles. The van der Waals surface area contributed by atoms with Gasteiger partial charge in [-0.2, -0.15) is 4.98 Å². The van der Waals surface area contributed by atoms with Crippen LogP contribution in [0.15, 0.2) is 67.3 Å². The maximum atomic E-state index is 13.3. The number of ether oxygens (including phenoxy) is 1. The largest absolute Gasteiger partial charge is 0.439 e. The lowest BCUT2D eigenvalue weighted by molar-refractivity contribution is 0.0698. The van der Waals surface area contributed by atoms with E-state index < -0.39 is 0 Å². The Morgan fingerprint density at radius 2 is 1.83 bits per heavy atom. The summed E-state index contributed by atoms with van der Waals surface area (Å²) in [5.74, 6) is 1.92. The third-order valence-electron chi connectivity index (χ3n) is 6.05. The summed E-state index contributed by atoms with van der Waals surface area (Å²) >= 11 is 0. The molecule has 4 aromatic rings. The fraction of sp³-hybridized carbons (Fsp3) is 0.259. The van der Waals surface area contributed by atoms with Gasteiger partial charge < -0.3 is 9.64 Å². The number of carbonyl (C=O) groups excluding carboxylic acids is 1. The number of pyridine rings is 1. The Bertz CT molecular complexity index is 1340. The lowest BCUT2D eigenvalue weighted by Crippen LogP contribution is -2.40. The highest BCUT2D eigenvalue weighted by atomic mass is 16.5. The van der Waals surface area contributed by atoms with Crippen molar-refractivity contribution in [3.63, 3.8) is 0 Å². The minimum absolute atomic E-state index is 0.0255. The average molecular weight is 467 g/mol. The van der Waals surface area contributed by atoms with Gasteiger partial charge in [0, 0.05) is 48.7 Å². The Morgan fingerprint density at radius 3 is 2.66 bits per heavy atom. The van der Waals surface area contributed by atoms with Gasteiger partial charge in [-0.25, -0.2) is 19.9 Å². The number of aryl methyl sites for hydroxylation is 2. The van der Waals surface area contributed by atoms with Gasteiger partial charge in [0.1, 0.15) is 23.6 Å². The van der Waals surface area contributed by atoms with Gasteiger partial charge in [-0.1, -0.05) is 24.3 Å². The number of rotatable bonds is 5. The van der Waals surface area contributed by atoms with Crippen molar-refractivity contribution in [1.29, 1.82) is 0 Å². The minimum atomic E-state index is -0.0996.